The second kappa shape index (κ2) is 8.29. The van der Waals surface area contributed by atoms with Crippen LogP contribution in [0.1, 0.15) is 46.9 Å². The van der Waals surface area contributed by atoms with E-state index in [1.807, 2.05) is 14.0 Å². The number of rotatable bonds is 4. The number of ketones is 1. The second-order valence-corrected chi connectivity index (χ2v) is 11.8. The number of aliphatic imine (C=N–C) groups is 1. The van der Waals surface area contributed by atoms with E-state index in [9.17, 15) is 17.6 Å². The number of hydrogen-bond acceptors (Lipinski definition) is 7. The first-order valence-electron chi connectivity index (χ1n) is 11.0. The number of sulfone groups is 1. The Hall–Kier alpha value is -2.65. The molecule has 4 rings (SSSR count). The van der Waals surface area contributed by atoms with E-state index in [1.165, 1.54) is 18.2 Å². The van der Waals surface area contributed by atoms with E-state index in [4.69, 9.17) is 5.73 Å². The summed E-state index contributed by atoms with van der Waals surface area (Å²) < 4.78 is 40.7. The van der Waals surface area contributed by atoms with Crippen LogP contribution in [-0.2, 0) is 21.8 Å². The lowest BCUT2D eigenvalue weighted by molar-refractivity contribution is 0.0988. The lowest BCUT2D eigenvalue weighted by atomic mass is 9.89. The molecule has 9 heteroatoms. The van der Waals surface area contributed by atoms with Gasteiger partial charge in [0.25, 0.3) is 0 Å². The number of halogens is 1. The summed E-state index contributed by atoms with van der Waals surface area (Å²) >= 11 is 0. The number of carbonyl (C=O) groups excluding carboxylic acids is 1. The molecule has 0 saturated carbocycles. The van der Waals surface area contributed by atoms with Crippen LogP contribution in [0.5, 0.6) is 0 Å². The number of aromatic nitrogens is 1. The van der Waals surface area contributed by atoms with Crippen LogP contribution in [0.3, 0.4) is 0 Å². The molecule has 2 aliphatic heterocycles. The van der Waals surface area contributed by atoms with Crippen LogP contribution < -0.4 is 5.73 Å². The van der Waals surface area contributed by atoms with Gasteiger partial charge in [-0.25, -0.2) is 12.8 Å². The molecule has 7 nitrogen and oxygen atoms in total. The summed E-state index contributed by atoms with van der Waals surface area (Å²) in [5.41, 5.74) is 6.88. The molecule has 0 radical (unpaired) electrons. The van der Waals surface area contributed by atoms with Gasteiger partial charge in [-0.15, -0.1) is 0 Å². The van der Waals surface area contributed by atoms with Gasteiger partial charge in [-0.05, 0) is 76.2 Å². The summed E-state index contributed by atoms with van der Waals surface area (Å²) in [6, 6.07) is 7.77. The Balaban J connectivity index is 1.68. The van der Waals surface area contributed by atoms with Crippen LogP contribution in [0, 0.1) is 12.7 Å². The van der Waals surface area contributed by atoms with Gasteiger partial charge in [0.2, 0.25) is 0 Å². The van der Waals surface area contributed by atoms with Gasteiger partial charge in [0.05, 0.1) is 5.75 Å². The Morgan fingerprint density at radius 3 is 2.52 bits per heavy atom. The van der Waals surface area contributed by atoms with Crippen molar-refractivity contribution in [2.75, 3.05) is 25.9 Å². The van der Waals surface area contributed by atoms with Crippen molar-refractivity contribution in [3.63, 3.8) is 0 Å². The second-order valence-electron chi connectivity index (χ2n) is 9.46. The zero-order valence-electron chi connectivity index (χ0n) is 19.1. The third kappa shape index (κ3) is 4.19. The fourth-order valence-electron chi connectivity index (χ4n) is 4.76. The number of amidine groups is 1. The molecule has 33 heavy (non-hydrogen) atoms. The van der Waals surface area contributed by atoms with Crippen molar-refractivity contribution >= 4 is 21.5 Å². The summed E-state index contributed by atoms with van der Waals surface area (Å²) in [5, 5.41) is 0. The number of nitrogens with zero attached hydrogens (tertiary/aromatic N) is 3. The average molecular weight is 473 g/mol. The van der Waals surface area contributed by atoms with Crippen LogP contribution >= 0.6 is 0 Å². The van der Waals surface area contributed by atoms with Crippen LogP contribution in [0.2, 0.25) is 0 Å². The highest BCUT2D eigenvalue weighted by Gasteiger charge is 2.55. The molecule has 1 saturated heterocycles. The molecule has 1 spiro atoms. The largest absolute Gasteiger partial charge is 0.386 e. The monoisotopic (exact) mass is 472 g/mol. The summed E-state index contributed by atoms with van der Waals surface area (Å²) in [5.74, 6) is -1.07. The van der Waals surface area contributed by atoms with Crippen LogP contribution in [-0.4, -0.2) is 60.6 Å². The standard InChI is InChI=1S/C24H29FN4O3S/c1-16-4-7-20(27-14-16)21(30)13-17-5-6-19(25)18(12-17)23(2)15-33(31,32)24(22(26)28-23)8-10-29(3)11-9-24/h4-7,12,14H,8-11,13,15H2,1-3H3,(H2,26,28)/t23-/m0/s1. The van der Waals surface area contributed by atoms with Gasteiger partial charge in [-0.3, -0.25) is 14.8 Å². The van der Waals surface area contributed by atoms with Crippen molar-refractivity contribution in [2.24, 2.45) is 10.7 Å². The van der Waals surface area contributed by atoms with Crippen molar-refractivity contribution < 1.29 is 17.6 Å². The average Bonchev–Trinajstić information content (AvgIpc) is 2.74. The third-order valence-corrected chi connectivity index (χ3v) is 9.62. The smallest absolute Gasteiger partial charge is 0.185 e. The predicted molar refractivity (Wildman–Crippen MR) is 126 cm³/mol. The van der Waals surface area contributed by atoms with Crippen molar-refractivity contribution in [1.82, 2.24) is 9.88 Å². The van der Waals surface area contributed by atoms with Crippen molar-refractivity contribution in [3.05, 3.63) is 64.7 Å². The topological polar surface area (TPSA) is 106 Å². The first-order chi connectivity index (χ1) is 15.5. The number of piperidine rings is 1. The number of carbonyl (C=O) groups is 1. The number of Topliss-reactive ketones (excluding diaryl/α,β-unsaturated/α-hetero) is 1. The van der Waals surface area contributed by atoms with Crippen molar-refractivity contribution in [1.29, 1.82) is 0 Å². The lowest BCUT2D eigenvalue weighted by Crippen LogP contribution is -2.62. The number of benzene rings is 1. The van der Waals surface area contributed by atoms with Gasteiger partial charge in [0, 0.05) is 18.2 Å². The Morgan fingerprint density at radius 2 is 1.91 bits per heavy atom. The van der Waals surface area contributed by atoms with E-state index in [0.29, 0.717) is 37.2 Å². The van der Waals surface area contributed by atoms with Gasteiger partial charge in [0.15, 0.2) is 15.6 Å². The minimum Gasteiger partial charge on any atom is -0.386 e. The van der Waals surface area contributed by atoms with Gasteiger partial charge in [0.1, 0.15) is 27.6 Å². The molecular formula is C24H29FN4O3S. The molecule has 1 atom stereocenters. The zero-order chi connectivity index (χ0) is 24.0. The van der Waals surface area contributed by atoms with Crippen LogP contribution in [0.25, 0.3) is 0 Å². The predicted octanol–water partition coefficient (Wildman–Crippen LogP) is 2.42. The number of pyridine rings is 1. The van der Waals surface area contributed by atoms with Gasteiger partial charge < -0.3 is 10.6 Å². The SMILES string of the molecule is Cc1ccc(C(=O)Cc2ccc(F)c([C@]3(C)CS(=O)(=O)C4(CCN(C)CC4)C(N)=N3)c2)nc1. The maximum Gasteiger partial charge on any atom is 0.185 e. The molecule has 2 N–H and O–H groups in total. The van der Waals surface area contributed by atoms with Crippen LogP contribution in [0.15, 0.2) is 41.5 Å². The highest BCUT2D eigenvalue weighted by atomic mass is 32.2. The summed E-state index contributed by atoms with van der Waals surface area (Å²) in [6.07, 6.45) is 2.38. The fourth-order valence-corrected chi connectivity index (χ4v) is 7.16. The van der Waals surface area contributed by atoms with Crippen molar-refractivity contribution in [2.45, 2.75) is 43.4 Å². The van der Waals surface area contributed by atoms with E-state index < -0.39 is 25.9 Å². The molecular weight excluding hydrogens is 443 g/mol. The Kier molecular flexibility index (Phi) is 5.90. The molecule has 0 unspecified atom stereocenters. The van der Waals surface area contributed by atoms with E-state index in [-0.39, 0.29) is 29.4 Å². The minimum atomic E-state index is -3.70. The normalized spacial score (nSPS) is 24.4. The number of aryl methyl sites for hydroxylation is 1. The van der Waals surface area contributed by atoms with Gasteiger partial charge in [-0.1, -0.05) is 12.1 Å². The van der Waals surface area contributed by atoms with Gasteiger partial charge in [-0.2, -0.15) is 0 Å². The van der Waals surface area contributed by atoms with E-state index in [1.54, 1.807) is 25.3 Å². The fraction of sp³-hybridized carbons (Fsp3) is 0.458. The third-order valence-electron chi connectivity index (χ3n) is 6.87. The molecule has 0 bridgehead atoms. The first kappa shape index (κ1) is 23.5. The van der Waals surface area contributed by atoms with Gasteiger partial charge >= 0.3 is 0 Å². The molecule has 2 aromatic rings. The minimum absolute atomic E-state index is 0.0155. The molecule has 0 aliphatic carbocycles. The molecule has 1 aromatic heterocycles. The van der Waals surface area contributed by atoms with Crippen LogP contribution in [0.4, 0.5) is 4.39 Å². The maximum atomic E-state index is 15.0. The quantitative estimate of drug-likeness (QED) is 0.685. The number of likely N-dealkylation sites (tertiary alicyclic amines) is 1. The zero-order valence-corrected chi connectivity index (χ0v) is 20.0. The highest BCUT2D eigenvalue weighted by molar-refractivity contribution is 7.93. The Labute approximate surface area is 193 Å². The van der Waals surface area contributed by atoms with E-state index in [0.717, 1.165) is 5.56 Å². The number of nitrogens with two attached hydrogens (primary N) is 1. The molecule has 3 heterocycles. The number of hydrogen-bond donors (Lipinski definition) is 1. The summed E-state index contributed by atoms with van der Waals surface area (Å²) in [7, 11) is -1.76. The molecule has 2 aliphatic rings. The Morgan fingerprint density at radius 1 is 1.21 bits per heavy atom. The molecule has 1 fully saturated rings. The van der Waals surface area contributed by atoms with E-state index in [2.05, 4.69) is 14.9 Å². The lowest BCUT2D eigenvalue weighted by Gasteiger charge is -2.45. The maximum absolute atomic E-state index is 15.0. The molecule has 176 valence electrons. The molecule has 0 amide bonds. The summed E-state index contributed by atoms with van der Waals surface area (Å²) in [6.45, 7) is 4.68. The highest BCUT2D eigenvalue weighted by Crippen LogP contribution is 2.42. The van der Waals surface area contributed by atoms with Crippen molar-refractivity contribution in [3.8, 4) is 0 Å². The summed E-state index contributed by atoms with van der Waals surface area (Å²) in [4.78, 5) is 23.5. The first-order valence-corrected chi connectivity index (χ1v) is 12.6. The van der Waals surface area contributed by atoms with E-state index >= 15 is 0 Å². The molecule has 1 aromatic carbocycles. The Bertz CT molecular complexity index is 1220.